The second-order valence-corrected chi connectivity index (χ2v) is 7.87. The van der Waals surface area contributed by atoms with Crippen LogP contribution in [0.1, 0.15) is 26.8 Å². The number of carbonyl (C=O) groups excluding carboxylic acids is 1. The smallest absolute Gasteiger partial charge is 0.342 e. The van der Waals surface area contributed by atoms with Crippen LogP contribution in [0, 0.1) is 13.8 Å². The number of fused-ring (bicyclic) bond motifs is 1. The van der Waals surface area contributed by atoms with E-state index in [0.29, 0.717) is 27.4 Å². The molecule has 26 heavy (non-hydrogen) atoms. The summed E-state index contributed by atoms with van der Waals surface area (Å²) < 4.78 is 10.3. The van der Waals surface area contributed by atoms with Gasteiger partial charge in [0.2, 0.25) is 0 Å². The van der Waals surface area contributed by atoms with E-state index in [4.69, 9.17) is 9.15 Å². The van der Waals surface area contributed by atoms with Crippen molar-refractivity contribution in [3.05, 3.63) is 62.2 Å². The van der Waals surface area contributed by atoms with Crippen LogP contribution in [-0.4, -0.2) is 15.9 Å². The second kappa shape index (κ2) is 6.54. The average Bonchev–Trinajstić information content (AvgIpc) is 3.32. The van der Waals surface area contributed by atoms with Crippen LogP contribution in [0.15, 0.2) is 39.1 Å². The Morgan fingerprint density at radius 3 is 2.85 bits per heavy atom. The van der Waals surface area contributed by atoms with Crippen molar-refractivity contribution in [2.75, 3.05) is 0 Å². The van der Waals surface area contributed by atoms with Gasteiger partial charge >= 0.3 is 5.97 Å². The van der Waals surface area contributed by atoms with Gasteiger partial charge < -0.3 is 14.1 Å². The number of rotatable bonds is 4. The molecule has 4 heterocycles. The monoisotopic (exact) mass is 386 g/mol. The van der Waals surface area contributed by atoms with E-state index in [1.165, 1.54) is 22.5 Å². The number of aromatic nitrogens is 2. The molecule has 0 aliphatic heterocycles. The lowest BCUT2D eigenvalue weighted by molar-refractivity contribution is 0.0460. The molecule has 0 unspecified atom stereocenters. The third kappa shape index (κ3) is 2.97. The van der Waals surface area contributed by atoms with Gasteiger partial charge in [-0.25, -0.2) is 9.78 Å². The Labute approximate surface area is 156 Å². The summed E-state index contributed by atoms with van der Waals surface area (Å²) in [6, 6.07) is 5.58. The Morgan fingerprint density at radius 1 is 1.31 bits per heavy atom. The van der Waals surface area contributed by atoms with Crippen LogP contribution in [0.5, 0.6) is 0 Å². The number of carbonyl (C=O) groups is 1. The lowest BCUT2D eigenvalue weighted by atomic mass is 10.2. The number of esters is 1. The number of aryl methyl sites for hydroxylation is 2. The number of thiophene rings is 2. The summed E-state index contributed by atoms with van der Waals surface area (Å²) in [4.78, 5) is 34.6. The molecule has 0 amide bonds. The molecule has 0 saturated heterocycles. The van der Waals surface area contributed by atoms with Gasteiger partial charge in [-0.2, -0.15) is 0 Å². The molecule has 4 rings (SSSR count). The lowest BCUT2D eigenvalue weighted by Crippen LogP contribution is -2.14. The maximum absolute atomic E-state index is 12.5. The largest absolute Gasteiger partial charge is 0.469 e. The van der Waals surface area contributed by atoms with Crippen LogP contribution in [0.3, 0.4) is 0 Å². The van der Waals surface area contributed by atoms with Gasteiger partial charge in [0.15, 0.2) is 0 Å². The molecule has 6 nitrogen and oxygen atoms in total. The molecule has 0 saturated carbocycles. The van der Waals surface area contributed by atoms with E-state index in [1.54, 1.807) is 24.3 Å². The quantitative estimate of drug-likeness (QED) is 0.529. The predicted octanol–water partition coefficient (Wildman–Crippen LogP) is 4.28. The van der Waals surface area contributed by atoms with Gasteiger partial charge in [-0.05, 0) is 32.0 Å². The van der Waals surface area contributed by atoms with Crippen LogP contribution >= 0.6 is 22.7 Å². The van der Waals surface area contributed by atoms with Crippen molar-refractivity contribution in [2.24, 2.45) is 0 Å². The van der Waals surface area contributed by atoms with Crippen molar-refractivity contribution in [1.29, 1.82) is 0 Å². The van der Waals surface area contributed by atoms with Gasteiger partial charge in [0.05, 0.1) is 11.6 Å². The van der Waals surface area contributed by atoms with Gasteiger partial charge in [0.25, 0.3) is 5.56 Å². The molecule has 0 radical (unpaired) electrons. The van der Waals surface area contributed by atoms with Crippen molar-refractivity contribution < 1.29 is 13.9 Å². The molecule has 0 aliphatic carbocycles. The molecule has 0 fully saturated rings. The summed E-state index contributed by atoms with van der Waals surface area (Å²) in [5.74, 6) is 0.286. The summed E-state index contributed by atoms with van der Waals surface area (Å²) in [5.41, 5.74) is 1.01. The van der Waals surface area contributed by atoms with E-state index in [1.807, 2.05) is 24.4 Å². The summed E-state index contributed by atoms with van der Waals surface area (Å²) in [7, 11) is 0. The van der Waals surface area contributed by atoms with Crippen LogP contribution in [-0.2, 0) is 11.3 Å². The Bertz CT molecular complexity index is 1170. The molecule has 0 aromatic carbocycles. The van der Waals surface area contributed by atoms with Gasteiger partial charge in [0, 0.05) is 20.7 Å². The van der Waals surface area contributed by atoms with E-state index in [0.717, 1.165) is 10.4 Å². The van der Waals surface area contributed by atoms with E-state index >= 15 is 0 Å². The maximum atomic E-state index is 12.5. The van der Waals surface area contributed by atoms with Crippen LogP contribution in [0.4, 0.5) is 0 Å². The lowest BCUT2D eigenvalue weighted by Gasteiger charge is -2.04. The van der Waals surface area contributed by atoms with E-state index < -0.39 is 5.97 Å². The van der Waals surface area contributed by atoms with E-state index in [2.05, 4.69) is 9.97 Å². The molecule has 0 bridgehead atoms. The highest BCUT2D eigenvalue weighted by Crippen LogP contribution is 2.34. The number of hydrogen-bond donors (Lipinski definition) is 1. The van der Waals surface area contributed by atoms with Crippen molar-refractivity contribution >= 4 is 38.9 Å². The normalized spacial score (nSPS) is 11.2. The van der Waals surface area contributed by atoms with Crippen molar-refractivity contribution in [1.82, 2.24) is 9.97 Å². The van der Waals surface area contributed by atoms with Crippen molar-refractivity contribution in [2.45, 2.75) is 20.5 Å². The second-order valence-electron chi connectivity index (χ2n) is 5.72. The van der Waals surface area contributed by atoms with Crippen molar-refractivity contribution in [3.8, 4) is 10.4 Å². The molecular formula is C18H14N2O4S2. The minimum Gasteiger partial charge on any atom is -0.469 e. The molecule has 4 aromatic heterocycles. The van der Waals surface area contributed by atoms with Gasteiger partial charge in [-0.1, -0.05) is 0 Å². The molecular weight excluding hydrogens is 372 g/mol. The van der Waals surface area contributed by atoms with Crippen LogP contribution in [0.25, 0.3) is 20.7 Å². The zero-order valence-electron chi connectivity index (χ0n) is 14.0. The first-order valence-corrected chi connectivity index (χ1v) is 9.51. The highest BCUT2D eigenvalue weighted by Gasteiger charge is 2.16. The number of ether oxygens (including phenoxy) is 1. The fourth-order valence-corrected chi connectivity index (χ4v) is 4.55. The van der Waals surface area contributed by atoms with Crippen molar-refractivity contribution in [3.63, 3.8) is 0 Å². The van der Waals surface area contributed by atoms with Gasteiger partial charge in [-0.15, -0.1) is 22.7 Å². The zero-order valence-corrected chi connectivity index (χ0v) is 15.6. The number of furan rings is 1. The first-order valence-electron chi connectivity index (χ1n) is 7.81. The van der Waals surface area contributed by atoms with Gasteiger partial charge in [-0.3, -0.25) is 4.79 Å². The van der Waals surface area contributed by atoms with E-state index in [-0.39, 0.29) is 12.2 Å². The SMILES string of the molecule is Cc1ccc(-c2csc3nc(COC(=O)c4ccoc4C)[nH]c(=O)c23)s1. The maximum Gasteiger partial charge on any atom is 0.342 e. The standard InChI is InChI=1S/C18H14N2O4S2/c1-9-3-4-13(26-9)12-8-25-17-15(12)16(21)19-14(20-17)7-24-18(22)11-5-6-23-10(11)2/h3-6,8H,7H2,1-2H3,(H,19,20,21). The summed E-state index contributed by atoms with van der Waals surface area (Å²) in [6.07, 6.45) is 1.43. The Hall–Kier alpha value is -2.71. The Kier molecular flexibility index (Phi) is 4.21. The first-order chi connectivity index (χ1) is 12.5. The number of hydrogen-bond acceptors (Lipinski definition) is 7. The summed E-state index contributed by atoms with van der Waals surface area (Å²) in [6.45, 7) is 3.60. The molecule has 0 aliphatic rings. The zero-order chi connectivity index (χ0) is 18.3. The Balaban J connectivity index is 1.61. The average molecular weight is 386 g/mol. The molecule has 8 heteroatoms. The highest BCUT2D eigenvalue weighted by atomic mass is 32.1. The molecule has 1 N–H and O–H groups in total. The molecule has 132 valence electrons. The molecule has 0 spiro atoms. The third-order valence-corrected chi connectivity index (χ3v) is 5.82. The third-order valence-electron chi connectivity index (χ3n) is 3.92. The van der Waals surface area contributed by atoms with E-state index in [9.17, 15) is 9.59 Å². The number of H-pyrrole nitrogens is 1. The number of nitrogens with zero attached hydrogens (tertiary/aromatic N) is 1. The van der Waals surface area contributed by atoms with Crippen LogP contribution < -0.4 is 5.56 Å². The first kappa shape index (κ1) is 16.7. The summed E-state index contributed by atoms with van der Waals surface area (Å²) >= 11 is 3.04. The minimum atomic E-state index is -0.514. The molecule has 4 aromatic rings. The van der Waals surface area contributed by atoms with Crippen LogP contribution in [0.2, 0.25) is 0 Å². The fourth-order valence-electron chi connectivity index (χ4n) is 2.63. The van der Waals surface area contributed by atoms with Gasteiger partial charge in [0.1, 0.15) is 28.6 Å². The minimum absolute atomic E-state index is 0.111. The fraction of sp³-hybridized carbons (Fsp3) is 0.167. The topological polar surface area (TPSA) is 85.2 Å². The predicted molar refractivity (Wildman–Crippen MR) is 101 cm³/mol. The summed E-state index contributed by atoms with van der Waals surface area (Å²) in [5, 5.41) is 2.50. The molecule has 0 atom stereocenters. The Morgan fingerprint density at radius 2 is 2.15 bits per heavy atom. The number of aromatic amines is 1. The number of nitrogens with one attached hydrogen (secondary N) is 1. The highest BCUT2D eigenvalue weighted by molar-refractivity contribution is 7.19.